The summed E-state index contributed by atoms with van der Waals surface area (Å²) in [6, 6.07) is 4.19. The molecule has 0 aliphatic carbocycles. The molecule has 110 valence electrons. The van der Waals surface area contributed by atoms with Crippen molar-refractivity contribution in [2.75, 3.05) is 20.2 Å². The van der Waals surface area contributed by atoms with Crippen molar-refractivity contribution in [1.82, 2.24) is 4.31 Å². The summed E-state index contributed by atoms with van der Waals surface area (Å²) in [7, 11) is -2.26. The fourth-order valence-electron chi connectivity index (χ4n) is 2.28. The molecular weight excluding hydrogens is 280 g/mol. The maximum Gasteiger partial charge on any atom is 0.248 e. The molecule has 0 saturated carbocycles. The molecule has 1 heterocycles. The van der Waals surface area contributed by atoms with E-state index in [0.717, 1.165) is 19.3 Å². The first kappa shape index (κ1) is 14.8. The number of nitrogens with two attached hydrogens (primary N) is 1. The van der Waals surface area contributed by atoms with Crippen LogP contribution in [-0.2, 0) is 10.0 Å². The fraction of sp³-hybridized carbons (Fsp3) is 0.462. The van der Waals surface area contributed by atoms with E-state index < -0.39 is 15.9 Å². The molecule has 0 bridgehead atoms. The number of methoxy groups -OCH3 is 1. The Labute approximate surface area is 118 Å². The first-order valence-electron chi connectivity index (χ1n) is 6.45. The molecule has 0 aromatic heterocycles. The van der Waals surface area contributed by atoms with E-state index in [9.17, 15) is 13.2 Å². The third kappa shape index (κ3) is 2.78. The van der Waals surface area contributed by atoms with Crippen molar-refractivity contribution in [1.29, 1.82) is 0 Å². The Balaban J connectivity index is 2.48. The fourth-order valence-corrected chi connectivity index (χ4v) is 3.97. The lowest BCUT2D eigenvalue weighted by atomic mass is 10.2. The van der Waals surface area contributed by atoms with Crippen LogP contribution in [0.15, 0.2) is 23.1 Å². The SMILES string of the molecule is COc1ccc(C(N)=O)cc1S(=O)(=O)N1CCCCC1. The zero-order valence-corrected chi connectivity index (χ0v) is 12.1. The molecule has 1 aliphatic heterocycles. The third-order valence-corrected chi connectivity index (χ3v) is 5.30. The van der Waals surface area contributed by atoms with Gasteiger partial charge in [0.2, 0.25) is 15.9 Å². The van der Waals surface area contributed by atoms with Gasteiger partial charge in [0.15, 0.2) is 0 Å². The maximum atomic E-state index is 12.6. The maximum absolute atomic E-state index is 12.6. The molecule has 7 heteroatoms. The molecule has 20 heavy (non-hydrogen) atoms. The van der Waals surface area contributed by atoms with E-state index in [1.165, 1.54) is 29.6 Å². The zero-order chi connectivity index (χ0) is 14.8. The summed E-state index contributed by atoms with van der Waals surface area (Å²) in [5.74, 6) is -0.441. The minimum Gasteiger partial charge on any atom is -0.495 e. The lowest BCUT2D eigenvalue weighted by Gasteiger charge is -2.26. The van der Waals surface area contributed by atoms with Crippen LogP contribution < -0.4 is 10.5 Å². The predicted octanol–water partition coefficient (Wildman–Crippen LogP) is 0.969. The van der Waals surface area contributed by atoms with Crippen LogP contribution in [0.4, 0.5) is 0 Å². The van der Waals surface area contributed by atoms with Gasteiger partial charge in [-0.25, -0.2) is 8.42 Å². The minimum atomic E-state index is -3.66. The number of hydrogen-bond acceptors (Lipinski definition) is 4. The van der Waals surface area contributed by atoms with Gasteiger partial charge in [-0.05, 0) is 31.0 Å². The van der Waals surface area contributed by atoms with E-state index in [1.54, 1.807) is 0 Å². The second kappa shape index (κ2) is 5.80. The van der Waals surface area contributed by atoms with Crippen LogP contribution in [0, 0.1) is 0 Å². The lowest BCUT2D eigenvalue weighted by molar-refractivity contribution is 0.1000. The molecule has 1 aromatic rings. The molecule has 2 rings (SSSR count). The number of ether oxygens (including phenoxy) is 1. The number of piperidine rings is 1. The van der Waals surface area contributed by atoms with Crippen molar-refractivity contribution >= 4 is 15.9 Å². The summed E-state index contributed by atoms with van der Waals surface area (Å²) in [5.41, 5.74) is 5.36. The Morgan fingerprint density at radius 2 is 1.90 bits per heavy atom. The molecular formula is C13H18N2O4S. The Hall–Kier alpha value is -1.60. The lowest BCUT2D eigenvalue weighted by Crippen LogP contribution is -2.35. The normalized spacial score (nSPS) is 16.9. The van der Waals surface area contributed by atoms with Crippen molar-refractivity contribution in [2.45, 2.75) is 24.2 Å². The van der Waals surface area contributed by atoms with Crippen LogP contribution in [0.1, 0.15) is 29.6 Å². The van der Waals surface area contributed by atoms with Gasteiger partial charge in [0.1, 0.15) is 10.6 Å². The molecule has 6 nitrogen and oxygen atoms in total. The van der Waals surface area contributed by atoms with Gasteiger partial charge >= 0.3 is 0 Å². The molecule has 0 unspecified atom stereocenters. The highest BCUT2D eigenvalue weighted by molar-refractivity contribution is 7.89. The molecule has 0 radical (unpaired) electrons. The zero-order valence-electron chi connectivity index (χ0n) is 11.3. The Morgan fingerprint density at radius 3 is 2.45 bits per heavy atom. The Morgan fingerprint density at radius 1 is 1.25 bits per heavy atom. The molecule has 1 aliphatic rings. The summed E-state index contributed by atoms with van der Waals surface area (Å²) in [6.07, 6.45) is 2.72. The van der Waals surface area contributed by atoms with Crippen LogP contribution >= 0.6 is 0 Å². The topological polar surface area (TPSA) is 89.7 Å². The van der Waals surface area contributed by atoms with E-state index in [4.69, 9.17) is 10.5 Å². The quantitative estimate of drug-likeness (QED) is 0.897. The van der Waals surface area contributed by atoms with Crippen molar-refractivity contribution < 1.29 is 17.9 Å². The molecule has 1 saturated heterocycles. The Kier molecular flexibility index (Phi) is 4.29. The number of carbonyl (C=O) groups excluding carboxylic acids is 1. The summed E-state index contributed by atoms with van der Waals surface area (Å²) in [6.45, 7) is 0.985. The third-order valence-electron chi connectivity index (χ3n) is 3.38. The van der Waals surface area contributed by atoms with Crippen molar-refractivity contribution in [2.24, 2.45) is 5.73 Å². The highest BCUT2D eigenvalue weighted by Gasteiger charge is 2.29. The van der Waals surface area contributed by atoms with Gasteiger partial charge in [0, 0.05) is 18.7 Å². The van der Waals surface area contributed by atoms with Gasteiger partial charge in [0.05, 0.1) is 7.11 Å². The number of nitrogens with zero attached hydrogens (tertiary/aromatic N) is 1. The van der Waals surface area contributed by atoms with E-state index in [1.807, 2.05) is 0 Å². The van der Waals surface area contributed by atoms with E-state index in [2.05, 4.69) is 0 Å². The summed E-state index contributed by atoms with van der Waals surface area (Å²) >= 11 is 0. The van der Waals surface area contributed by atoms with Gasteiger partial charge in [-0.3, -0.25) is 4.79 Å². The van der Waals surface area contributed by atoms with Gasteiger partial charge < -0.3 is 10.5 Å². The van der Waals surface area contributed by atoms with Crippen LogP contribution in [0.3, 0.4) is 0 Å². The van der Waals surface area contributed by atoms with Crippen molar-refractivity contribution in [3.8, 4) is 5.75 Å². The number of amides is 1. The second-order valence-corrected chi connectivity index (χ2v) is 6.60. The van der Waals surface area contributed by atoms with Gasteiger partial charge in [-0.1, -0.05) is 6.42 Å². The number of hydrogen-bond donors (Lipinski definition) is 1. The number of carbonyl (C=O) groups is 1. The average Bonchev–Trinajstić information content (AvgIpc) is 2.47. The van der Waals surface area contributed by atoms with Crippen LogP contribution in [0.5, 0.6) is 5.75 Å². The second-order valence-electron chi connectivity index (χ2n) is 4.69. The van der Waals surface area contributed by atoms with Crippen molar-refractivity contribution in [3.63, 3.8) is 0 Å². The van der Waals surface area contributed by atoms with E-state index in [-0.39, 0.29) is 16.2 Å². The van der Waals surface area contributed by atoms with Crippen molar-refractivity contribution in [3.05, 3.63) is 23.8 Å². The summed E-state index contributed by atoms with van der Waals surface area (Å²) in [4.78, 5) is 11.2. The Bertz CT molecular complexity index is 607. The first-order chi connectivity index (χ1) is 9.46. The largest absolute Gasteiger partial charge is 0.495 e. The smallest absolute Gasteiger partial charge is 0.248 e. The molecule has 0 spiro atoms. The van der Waals surface area contributed by atoms with Crippen LogP contribution in [0.25, 0.3) is 0 Å². The number of sulfonamides is 1. The van der Waals surface area contributed by atoms with E-state index in [0.29, 0.717) is 13.1 Å². The summed E-state index contributed by atoms with van der Waals surface area (Å²) < 4.78 is 31.8. The van der Waals surface area contributed by atoms with Gasteiger partial charge in [-0.15, -0.1) is 0 Å². The highest BCUT2D eigenvalue weighted by Crippen LogP contribution is 2.29. The number of rotatable bonds is 4. The molecule has 1 aromatic carbocycles. The first-order valence-corrected chi connectivity index (χ1v) is 7.89. The minimum absolute atomic E-state index is 0.00167. The average molecular weight is 298 g/mol. The van der Waals surface area contributed by atoms with Crippen LogP contribution in [0.2, 0.25) is 0 Å². The van der Waals surface area contributed by atoms with E-state index >= 15 is 0 Å². The monoisotopic (exact) mass is 298 g/mol. The molecule has 1 amide bonds. The highest BCUT2D eigenvalue weighted by atomic mass is 32.2. The summed E-state index contributed by atoms with van der Waals surface area (Å²) in [5, 5.41) is 0. The molecule has 1 fully saturated rings. The van der Waals surface area contributed by atoms with Gasteiger partial charge in [0.25, 0.3) is 0 Å². The standard InChI is InChI=1S/C13H18N2O4S/c1-19-11-6-5-10(13(14)16)9-12(11)20(17,18)15-7-3-2-4-8-15/h5-6,9H,2-4,7-8H2,1H3,(H2,14,16). The number of primary amides is 1. The molecule has 0 atom stereocenters. The van der Waals surface area contributed by atoms with Crippen LogP contribution in [-0.4, -0.2) is 38.8 Å². The number of benzene rings is 1. The predicted molar refractivity (Wildman–Crippen MR) is 74.1 cm³/mol. The molecule has 2 N–H and O–H groups in total. The van der Waals surface area contributed by atoms with Gasteiger partial charge in [-0.2, -0.15) is 4.31 Å².